The number of thioether (sulfide) groups is 1. The van der Waals surface area contributed by atoms with Crippen LogP contribution >= 0.6 is 11.8 Å². The van der Waals surface area contributed by atoms with Gasteiger partial charge in [0.05, 0.1) is 0 Å². The molecule has 0 bridgehead atoms. The van der Waals surface area contributed by atoms with Crippen molar-refractivity contribution in [2.75, 3.05) is 0 Å². The molecule has 10 heavy (non-hydrogen) atoms. The standard InChI is InChI=1S/C8H11NS/c1-5-6(2)10-7-3-4-9-8(5)7/h3-6,9H,1-2H3. The molecule has 0 saturated carbocycles. The quantitative estimate of drug-likeness (QED) is 0.605. The topological polar surface area (TPSA) is 15.8 Å². The van der Waals surface area contributed by atoms with E-state index in [-0.39, 0.29) is 0 Å². The maximum Gasteiger partial charge on any atom is 0.0325 e. The largest absolute Gasteiger partial charge is 0.364 e. The zero-order chi connectivity index (χ0) is 7.14. The summed E-state index contributed by atoms with van der Waals surface area (Å²) in [5.41, 5.74) is 1.43. The number of fused-ring (bicyclic) bond motifs is 1. The van der Waals surface area contributed by atoms with E-state index in [0.29, 0.717) is 5.92 Å². The first-order chi connectivity index (χ1) is 4.79. The molecule has 0 amide bonds. The molecule has 2 heterocycles. The molecule has 2 rings (SSSR count). The van der Waals surface area contributed by atoms with Crippen LogP contribution < -0.4 is 0 Å². The van der Waals surface area contributed by atoms with Crippen molar-refractivity contribution in [2.45, 2.75) is 29.9 Å². The third-order valence-corrected chi connectivity index (χ3v) is 3.60. The second-order valence-electron chi connectivity index (χ2n) is 2.87. The molecule has 0 aromatic carbocycles. The second kappa shape index (κ2) is 2.06. The lowest BCUT2D eigenvalue weighted by molar-refractivity contribution is 0.739. The van der Waals surface area contributed by atoms with Crippen LogP contribution in [0.15, 0.2) is 17.2 Å². The van der Waals surface area contributed by atoms with Gasteiger partial charge in [-0.05, 0) is 6.07 Å². The van der Waals surface area contributed by atoms with Crippen molar-refractivity contribution < 1.29 is 0 Å². The Bertz CT molecular complexity index is 241. The first kappa shape index (κ1) is 6.35. The predicted molar refractivity (Wildman–Crippen MR) is 44.5 cm³/mol. The van der Waals surface area contributed by atoms with E-state index in [4.69, 9.17) is 0 Å². The molecule has 2 heteroatoms. The molecule has 0 saturated heterocycles. The molecule has 1 aromatic rings. The van der Waals surface area contributed by atoms with Crippen LogP contribution in [0.5, 0.6) is 0 Å². The molecule has 0 aliphatic carbocycles. The van der Waals surface area contributed by atoms with E-state index < -0.39 is 0 Å². The predicted octanol–water partition coefficient (Wildman–Crippen LogP) is 2.61. The van der Waals surface area contributed by atoms with Gasteiger partial charge in [0.25, 0.3) is 0 Å². The maximum atomic E-state index is 3.28. The summed E-state index contributed by atoms with van der Waals surface area (Å²) in [6.07, 6.45) is 2.03. The molecule has 1 aliphatic heterocycles. The van der Waals surface area contributed by atoms with E-state index in [0.717, 1.165) is 5.25 Å². The molecule has 1 aliphatic rings. The molecule has 0 spiro atoms. The first-order valence-corrected chi connectivity index (χ1v) is 4.51. The number of aromatic nitrogens is 1. The van der Waals surface area contributed by atoms with Crippen molar-refractivity contribution in [3.63, 3.8) is 0 Å². The van der Waals surface area contributed by atoms with Gasteiger partial charge in [-0.2, -0.15) is 0 Å². The van der Waals surface area contributed by atoms with Gasteiger partial charge in [-0.3, -0.25) is 0 Å². The van der Waals surface area contributed by atoms with E-state index in [1.54, 1.807) is 0 Å². The normalized spacial score (nSPS) is 30.6. The van der Waals surface area contributed by atoms with E-state index in [9.17, 15) is 0 Å². The van der Waals surface area contributed by atoms with Crippen molar-refractivity contribution >= 4 is 11.8 Å². The lowest BCUT2D eigenvalue weighted by atomic mass is 10.1. The summed E-state index contributed by atoms with van der Waals surface area (Å²) in [4.78, 5) is 4.72. The Labute approximate surface area is 65.2 Å². The van der Waals surface area contributed by atoms with Gasteiger partial charge in [-0.25, -0.2) is 0 Å². The minimum absolute atomic E-state index is 0.704. The maximum absolute atomic E-state index is 3.28. The van der Waals surface area contributed by atoms with Gasteiger partial charge in [0.15, 0.2) is 0 Å². The SMILES string of the molecule is CC1Sc2cc[nH]c2C1C. The molecule has 2 atom stereocenters. The van der Waals surface area contributed by atoms with E-state index in [1.807, 2.05) is 18.0 Å². The minimum Gasteiger partial charge on any atom is -0.364 e. The lowest BCUT2D eigenvalue weighted by Gasteiger charge is -2.06. The van der Waals surface area contributed by atoms with Gasteiger partial charge < -0.3 is 4.98 Å². The van der Waals surface area contributed by atoms with Crippen molar-refractivity contribution in [3.8, 4) is 0 Å². The molecular formula is C8H11NS. The summed E-state index contributed by atoms with van der Waals surface area (Å²) in [5.74, 6) is 0.704. The minimum atomic E-state index is 0.704. The van der Waals surface area contributed by atoms with E-state index in [2.05, 4.69) is 24.9 Å². The van der Waals surface area contributed by atoms with Crippen molar-refractivity contribution in [1.29, 1.82) is 0 Å². The Balaban J connectivity index is 2.43. The third-order valence-electron chi connectivity index (χ3n) is 2.21. The second-order valence-corrected chi connectivity index (χ2v) is 4.29. The summed E-state index contributed by atoms with van der Waals surface area (Å²) in [6.45, 7) is 4.56. The van der Waals surface area contributed by atoms with Gasteiger partial charge in [-0.1, -0.05) is 13.8 Å². The van der Waals surface area contributed by atoms with Crippen molar-refractivity contribution in [3.05, 3.63) is 18.0 Å². The molecule has 2 unspecified atom stereocenters. The van der Waals surface area contributed by atoms with Crippen LogP contribution in [0.4, 0.5) is 0 Å². The van der Waals surface area contributed by atoms with Gasteiger partial charge >= 0.3 is 0 Å². The fourth-order valence-corrected chi connectivity index (χ4v) is 2.62. The fourth-order valence-electron chi connectivity index (χ4n) is 1.36. The molecule has 54 valence electrons. The number of nitrogens with one attached hydrogen (secondary N) is 1. The molecule has 1 N–H and O–H groups in total. The zero-order valence-corrected chi connectivity index (χ0v) is 7.03. The van der Waals surface area contributed by atoms with Crippen LogP contribution in [-0.2, 0) is 0 Å². The Morgan fingerprint density at radius 2 is 2.30 bits per heavy atom. The summed E-state index contributed by atoms with van der Waals surface area (Å²) >= 11 is 1.97. The van der Waals surface area contributed by atoms with Crippen LogP contribution in [0.25, 0.3) is 0 Å². The summed E-state index contributed by atoms with van der Waals surface area (Å²) in [5, 5.41) is 0.752. The average Bonchev–Trinajstić information content (AvgIpc) is 2.41. The van der Waals surface area contributed by atoms with Crippen LogP contribution in [0.1, 0.15) is 25.5 Å². The van der Waals surface area contributed by atoms with Crippen molar-refractivity contribution in [2.24, 2.45) is 0 Å². The monoisotopic (exact) mass is 153 g/mol. The van der Waals surface area contributed by atoms with Crippen LogP contribution in [0.3, 0.4) is 0 Å². The van der Waals surface area contributed by atoms with Crippen LogP contribution in [-0.4, -0.2) is 10.2 Å². The molecule has 0 radical (unpaired) electrons. The number of hydrogen-bond donors (Lipinski definition) is 1. The number of aromatic amines is 1. The first-order valence-electron chi connectivity index (χ1n) is 3.63. The third kappa shape index (κ3) is 0.717. The lowest BCUT2D eigenvalue weighted by Crippen LogP contribution is -2.00. The van der Waals surface area contributed by atoms with Gasteiger partial charge in [0, 0.05) is 28.0 Å². The molecular weight excluding hydrogens is 142 g/mol. The summed E-state index contributed by atoms with van der Waals surface area (Å²) < 4.78 is 0. The Morgan fingerprint density at radius 1 is 1.50 bits per heavy atom. The van der Waals surface area contributed by atoms with E-state index >= 15 is 0 Å². The Morgan fingerprint density at radius 3 is 3.00 bits per heavy atom. The summed E-state index contributed by atoms with van der Waals surface area (Å²) in [7, 11) is 0. The number of H-pyrrole nitrogens is 1. The molecule has 1 aromatic heterocycles. The Hall–Kier alpha value is -0.370. The van der Waals surface area contributed by atoms with Crippen LogP contribution in [0.2, 0.25) is 0 Å². The zero-order valence-electron chi connectivity index (χ0n) is 6.22. The van der Waals surface area contributed by atoms with Crippen LogP contribution in [0, 0.1) is 0 Å². The number of rotatable bonds is 0. The van der Waals surface area contributed by atoms with Gasteiger partial charge in [-0.15, -0.1) is 11.8 Å². The van der Waals surface area contributed by atoms with Gasteiger partial charge in [0.1, 0.15) is 0 Å². The molecule has 1 nitrogen and oxygen atoms in total. The Kier molecular flexibility index (Phi) is 1.31. The fraction of sp³-hybridized carbons (Fsp3) is 0.500. The number of hydrogen-bond acceptors (Lipinski definition) is 1. The highest BCUT2D eigenvalue weighted by atomic mass is 32.2. The van der Waals surface area contributed by atoms with Crippen molar-refractivity contribution in [1.82, 2.24) is 4.98 Å². The highest BCUT2D eigenvalue weighted by molar-refractivity contribution is 8.00. The molecule has 0 fully saturated rings. The average molecular weight is 153 g/mol. The highest BCUT2D eigenvalue weighted by Gasteiger charge is 2.26. The van der Waals surface area contributed by atoms with E-state index in [1.165, 1.54) is 10.6 Å². The summed E-state index contributed by atoms with van der Waals surface area (Å²) in [6, 6.07) is 2.17. The smallest absolute Gasteiger partial charge is 0.0325 e. The van der Waals surface area contributed by atoms with Gasteiger partial charge in [0.2, 0.25) is 0 Å². The highest BCUT2D eigenvalue weighted by Crippen LogP contribution is 2.43.